The summed E-state index contributed by atoms with van der Waals surface area (Å²) in [4.78, 5) is 10.5. The third kappa shape index (κ3) is 4.49. The Bertz CT molecular complexity index is 779. The van der Waals surface area contributed by atoms with Crippen LogP contribution in [0.4, 0.5) is 30.7 Å². The smallest absolute Gasteiger partial charge is 0.416 e. The molecule has 0 N–H and O–H groups in total. The van der Waals surface area contributed by atoms with E-state index >= 15 is 0 Å². The zero-order chi connectivity index (χ0) is 18.8. The molecule has 0 bridgehead atoms. The Morgan fingerprint density at radius 1 is 0.920 bits per heavy atom. The van der Waals surface area contributed by atoms with E-state index in [9.17, 15) is 35.5 Å². The highest BCUT2D eigenvalue weighted by Crippen LogP contribution is 2.37. The van der Waals surface area contributed by atoms with Crippen LogP contribution in [0.15, 0.2) is 36.4 Å². The van der Waals surface area contributed by atoms with Gasteiger partial charge in [0.25, 0.3) is 0 Å². The maximum absolute atomic E-state index is 13.6. The van der Waals surface area contributed by atoms with Crippen molar-refractivity contribution in [1.82, 2.24) is 0 Å². The van der Waals surface area contributed by atoms with Crippen LogP contribution < -0.4 is 4.74 Å². The van der Waals surface area contributed by atoms with E-state index in [-0.39, 0.29) is 11.6 Å². The quantitative estimate of drug-likeness (QED) is 0.545. The molecule has 0 aliphatic carbocycles. The lowest BCUT2D eigenvalue weighted by molar-refractivity contribution is -0.143. The maximum Gasteiger partial charge on any atom is 0.416 e. The van der Waals surface area contributed by atoms with Gasteiger partial charge in [0, 0.05) is 11.1 Å². The number of rotatable bonds is 4. The lowest BCUT2D eigenvalue weighted by atomic mass is 10.0. The first-order valence-electron chi connectivity index (χ1n) is 6.67. The van der Waals surface area contributed by atoms with Crippen LogP contribution in [0.25, 0.3) is 0 Å². The number of hydrogen-bond donors (Lipinski definition) is 0. The summed E-state index contributed by atoms with van der Waals surface area (Å²) >= 11 is 0. The molecule has 2 aromatic carbocycles. The zero-order valence-electron chi connectivity index (χ0n) is 12.2. The number of benzene rings is 2. The van der Waals surface area contributed by atoms with Crippen molar-refractivity contribution in [3.8, 4) is 5.75 Å². The van der Waals surface area contributed by atoms with Crippen molar-refractivity contribution in [2.24, 2.45) is 0 Å². The predicted molar refractivity (Wildman–Crippen MR) is 72.6 cm³/mol. The molecule has 0 atom stereocenters. The van der Waals surface area contributed by atoms with Crippen LogP contribution in [0, 0.1) is 5.82 Å². The highest BCUT2D eigenvalue weighted by molar-refractivity contribution is 5.74. The van der Waals surface area contributed by atoms with Gasteiger partial charge in [-0.05, 0) is 30.3 Å². The molecule has 0 spiro atoms. The Morgan fingerprint density at radius 2 is 1.60 bits per heavy atom. The molecule has 2 rings (SSSR count). The summed E-state index contributed by atoms with van der Waals surface area (Å²) in [6.45, 7) is -0.801. The summed E-state index contributed by atoms with van der Waals surface area (Å²) < 4.78 is 95.3. The molecule has 0 unspecified atom stereocenters. The average molecular weight is 366 g/mol. The van der Waals surface area contributed by atoms with Crippen molar-refractivity contribution in [3.63, 3.8) is 0 Å². The number of alkyl halides is 6. The van der Waals surface area contributed by atoms with Crippen molar-refractivity contribution >= 4 is 6.29 Å². The Morgan fingerprint density at radius 3 is 2.12 bits per heavy atom. The summed E-state index contributed by atoms with van der Waals surface area (Å²) in [6, 6.07) is 4.13. The molecule has 0 amide bonds. The minimum Gasteiger partial charge on any atom is -0.486 e. The van der Waals surface area contributed by atoms with E-state index in [0.717, 1.165) is 12.1 Å². The van der Waals surface area contributed by atoms with E-state index in [1.54, 1.807) is 0 Å². The van der Waals surface area contributed by atoms with Gasteiger partial charge in [-0.3, -0.25) is 4.79 Å². The molecule has 9 heteroatoms. The fraction of sp³-hybridized carbons (Fsp3) is 0.188. The number of hydrogen-bond acceptors (Lipinski definition) is 2. The van der Waals surface area contributed by atoms with Gasteiger partial charge in [0.2, 0.25) is 0 Å². The highest BCUT2D eigenvalue weighted by Gasteiger charge is 2.38. The van der Waals surface area contributed by atoms with Crippen molar-refractivity contribution in [2.75, 3.05) is 0 Å². The molecule has 134 valence electrons. The molecule has 0 aliphatic heterocycles. The molecule has 25 heavy (non-hydrogen) atoms. The molecule has 2 aromatic rings. The van der Waals surface area contributed by atoms with Gasteiger partial charge in [0.15, 0.2) is 11.6 Å². The fourth-order valence-corrected chi connectivity index (χ4v) is 2.01. The molecular formula is C16H9F7O2. The molecular weight excluding hydrogens is 357 g/mol. The first-order valence-corrected chi connectivity index (χ1v) is 6.67. The van der Waals surface area contributed by atoms with E-state index in [1.165, 1.54) is 6.07 Å². The minimum absolute atomic E-state index is 0.00430. The molecule has 0 aliphatic rings. The van der Waals surface area contributed by atoms with Crippen LogP contribution in [0.5, 0.6) is 5.75 Å². The van der Waals surface area contributed by atoms with E-state index < -0.39 is 47.2 Å². The van der Waals surface area contributed by atoms with Crippen molar-refractivity contribution in [3.05, 3.63) is 64.5 Å². The first kappa shape index (κ1) is 18.8. The van der Waals surface area contributed by atoms with Crippen LogP contribution in [-0.2, 0) is 19.0 Å². The van der Waals surface area contributed by atoms with E-state index in [1.807, 2.05) is 0 Å². The molecule has 2 nitrogen and oxygen atoms in total. The van der Waals surface area contributed by atoms with Crippen molar-refractivity contribution < 1.29 is 40.3 Å². The van der Waals surface area contributed by atoms with Gasteiger partial charge in [-0.1, -0.05) is 6.07 Å². The first-order chi connectivity index (χ1) is 11.5. The minimum atomic E-state index is -5.04. The lowest BCUT2D eigenvalue weighted by Crippen LogP contribution is -2.14. The largest absolute Gasteiger partial charge is 0.486 e. The van der Waals surface area contributed by atoms with Gasteiger partial charge in [-0.15, -0.1) is 0 Å². The van der Waals surface area contributed by atoms with Crippen molar-refractivity contribution in [1.29, 1.82) is 0 Å². The number of halogens is 7. The second-order valence-corrected chi connectivity index (χ2v) is 4.96. The molecule has 0 aromatic heterocycles. The topological polar surface area (TPSA) is 26.3 Å². The van der Waals surface area contributed by atoms with Gasteiger partial charge in [0.1, 0.15) is 12.9 Å². The molecule has 0 radical (unpaired) electrons. The van der Waals surface area contributed by atoms with Crippen molar-refractivity contribution in [2.45, 2.75) is 19.0 Å². The monoisotopic (exact) mass is 366 g/mol. The lowest BCUT2D eigenvalue weighted by Gasteiger charge is -2.16. The highest BCUT2D eigenvalue weighted by atomic mass is 19.4. The van der Waals surface area contributed by atoms with Crippen LogP contribution in [0.1, 0.15) is 27.0 Å². The number of carbonyl (C=O) groups excluding carboxylic acids is 1. The van der Waals surface area contributed by atoms with E-state index in [4.69, 9.17) is 4.74 Å². The fourth-order valence-electron chi connectivity index (χ4n) is 2.01. The van der Waals surface area contributed by atoms with Gasteiger partial charge in [-0.25, -0.2) is 4.39 Å². The van der Waals surface area contributed by atoms with Gasteiger partial charge in [0.05, 0.1) is 11.1 Å². The average Bonchev–Trinajstić information content (AvgIpc) is 2.51. The summed E-state index contributed by atoms with van der Waals surface area (Å²) in [5.74, 6) is -1.41. The standard InChI is InChI=1S/C16H9F7O2/c17-13-5-9(7-24)1-4-14(13)25-8-10-2-3-11(15(18,19)20)6-12(10)16(21,22)23/h1-7H,8H2. The number of ether oxygens (including phenoxy) is 1. The van der Waals surface area contributed by atoms with Gasteiger partial charge < -0.3 is 4.74 Å². The van der Waals surface area contributed by atoms with Crippen LogP contribution in [0.3, 0.4) is 0 Å². The molecule has 0 saturated heterocycles. The SMILES string of the molecule is O=Cc1ccc(OCc2ccc(C(F)(F)F)cc2C(F)(F)F)c(F)c1. The summed E-state index contributed by atoms with van der Waals surface area (Å²) in [5, 5.41) is 0. The van der Waals surface area contributed by atoms with Gasteiger partial charge >= 0.3 is 12.4 Å². The summed E-state index contributed by atoms with van der Waals surface area (Å²) in [5.41, 5.74) is -3.56. The molecule has 0 saturated carbocycles. The Hall–Kier alpha value is -2.58. The van der Waals surface area contributed by atoms with E-state index in [2.05, 4.69) is 0 Å². The molecule has 0 fully saturated rings. The van der Waals surface area contributed by atoms with Crippen LogP contribution >= 0.6 is 0 Å². The second kappa shape index (κ2) is 6.73. The Balaban J connectivity index is 2.31. The molecule has 0 heterocycles. The Kier molecular flexibility index (Phi) is 5.05. The number of carbonyl (C=O) groups is 1. The van der Waals surface area contributed by atoms with E-state index in [0.29, 0.717) is 18.4 Å². The second-order valence-electron chi connectivity index (χ2n) is 4.96. The Labute approximate surface area is 136 Å². The summed E-state index contributed by atoms with van der Waals surface area (Å²) in [6.07, 6.45) is -9.61. The van der Waals surface area contributed by atoms with Crippen LogP contribution in [0.2, 0.25) is 0 Å². The normalized spacial score (nSPS) is 12.1. The zero-order valence-corrected chi connectivity index (χ0v) is 12.2. The maximum atomic E-state index is 13.6. The summed E-state index contributed by atoms with van der Waals surface area (Å²) in [7, 11) is 0. The van der Waals surface area contributed by atoms with Crippen LogP contribution in [-0.4, -0.2) is 6.29 Å². The third-order valence-corrected chi connectivity index (χ3v) is 3.22. The third-order valence-electron chi connectivity index (χ3n) is 3.22. The predicted octanol–water partition coefficient (Wildman–Crippen LogP) is 5.25. The number of aldehydes is 1. The van der Waals surface area contributed by atoms with Gasteiger partial charge in [-0.2, -0.15) is 26.3 Å².